The largest absolute Gasteiger partial charge is 0.350 e. The first-order valence-corrected chi connectivity index (χ1v) is 5.26. The van der Waals surface area contributed by atoms with Crippen molar-refractivity contribution in [3.05, 3.63) is 45.0 Å². The van der Waals surface area contributed by atoms with Crippen molar-refractivity contribution in [1.29, 1.82) is 0 Å². The van der Waals surface area contributed by atoms with Gasteiger partial charge in [-0.05, 0) is 30.7 Å². The van der Waals surface area contributed by atoms with Crippen LogP contribution in [0.1, 0.15) is 5.56 Å². The highest BCUT2D eigenvalue weighted by molar-refractivity contribution is 9.10. The van der Waals surface area contributed by atoms with Crippen molar-refractivity contribution in [1.82, 2.24) is 14.3 Å². The summed E-state index contributed by atoms with van der Waals surface area (Å²) in [6.45, 7) is 1.96. The minimum atomic E-state index is -0.138. The molecule has 15 heavy (non-hydrogen) atoms. The smallest absolute Gasteiger partial charge is 0.249 e. The van der Waals surface area contributed by atoms with E-state index in [1.165, 1.54) is 15.6 Å². The predicted octanol–water partition coefficient (Wildman–Crippen LogP) is 1.64. The second-order valence-electron chi connectivity index (χ2n) is 3.34. The molecule has 2 rings (SSSR count). The van der Waals surface area contributed by atoms with Gasteiger partial charge < -0.3 is 0 Å². The highest BCUT2D eigenvalue weighted by Crippen LogP contribution is 2.17. The summed E-state index contributed by atoms with van der Waals surface area (Å²) in [4.78, 5) is 11.7. The Morgan fingerprint density at radius 3 is 2.67 bits per heavy atom. The number of rotatable bonds is 1. The minimum absolute atomic E-state index is 0.138. The molecule has 0 radical (unpaired) electrons. The number of aryl methyl sites for hydroxylation is 2. The molecule has 0 fully saturated rings. The van der Waals surface area contributed by atoms with Gasteiger partial charge in [0.2, 0.25) is 0 Å². The fraction of sp³-hybridized carbons (Fsp3) is 0.200. The monoisotopic (exact) mass is 267 g/mol. The van der Waals surface area contributed by atoms with Crippen LogP contribution in [0.3, 0.4) is 0 Å². The van der Waals surface area contributed by atoms with Crippen LogP contribution in [0, 0.1) is 6.92 Å². The molecular weight excluding hydrogens is 258 g/mol. The maximum atomic E-state index is 11.7. The van der Waals surface area contributed by atoms with E-state index < -0.39 is 0 Å². The van der Waals surface area contributed by atoms with Crippen LogP contribution in [0.2, 0.25) is 0 Å². The fourth-order valence-corrected chi connectivity index (χ4v) is 1.91. The normalized spacial score (nSPS) is 10.6. The maximum Gasteiger partial charge on any atom is 0.350 e. The molecule has 0 aliphatic rings. The molecule has 0 bridgehead atoms. The molecule has 5 heteroatoms. The van der Waals surface area contributed by atoms with Crippen LogP contribution >= 0.6 is 15.9 Å². The zero-order chi connectivity index (χ0) is 11.0. The van der Waals surface area contributed by atoms with E-state index in [4.69, 9.17) is 0 Å². The summed E-state index contributed by atoms with van der Waals surface area (Å²) in [5.41, 5.74) is 1.75. The third-order valence-electron chi connectivity index (χ3n) is 2.24. The summed E-state index contributed by atoms with van der Waals surface area (Å²) in [7, 11) is 1.63. The quantitative estimate of drug-likeness (QED) is 0.788. The third kappa shape index (κ3) is 1.74. The van der Waals surface area contributed by atoms with E-state index >= 15 is 0 Å². The Kier molecular flexibility index (Phi) is 2.48. The summed E-state index contributed by atoms with van der Waals surface area (Å²) >= 11 is 3.38. The van der Waals surface area contributed by atoms with Crippen molar-refractivity contribution < 1.29 is 0 Å². The summed E-state index contributed by atoms with van der Waals surface area (Å²) in [6.07, 6.45) is 1.53. The lowest BCUT2D eigenvalue weighted by Crippen LogP contribution is -2.21. The lowest BCUT2D eigenvalue weighted by atomic mass is 10.2. The summed E-state index contributed by atoms with van der Waals surface area (Å²) < 4.78 is 3.84. The Labute approximate surface area is 95.3 Å². The van der Waals surface area contributed by atoms with Gasteiger partial charge in [-0.25, -0.2) is 14.0 Å². The molecule has 0 saturated heterocycles. The van der Waals surface area contributed by atoms with Gasteiger partial charge in [-0.1, -0.05) is 15.9 Å². The number of benzene rings is 1. The van der Waals surface area contributed by atoms with Gasteiger partial charge in [-0.3, -0.25) is 0 Å². The molecule has 2 aromatic rings. The van der Waals surface area contributed by atoms with E-state index in [1.807, 2.05) is 25.1 Å². The van der Waals surface area contributed by atoms with E-state index in [0.29, 0.717) is 0 Å². The molecular formula is C10H10BrN3O. The molecule has 4 nitrogen and oxygen atoms in total. The zero-order valence-electron chi connectivity index (χ0n) is 8.44. The van der Waals surface area contributed by atoms with Gasteiger partial charge in [0.05, 0.1) is 5.69 Å². The van der Waals surface area contributed by atoms with Gasteiger partial charge in [0, 0.05) is 11.5 Å². The van der Waals surface area contributed by atoms with Crippen LogP contribution in [0.15, 0.2) is 33.8 Å². The van der Waals surface area contributed by atoms with E-state index in [2.05, 4.69) is 21.0 Å². The number of aromatic nitrogens is 3. The van der Waals surface area contributed by atoms with Crippen LogP contribution in [-0.2, 0) is 7.05 Å². The van der Waals surface area contributed by atoms with E-state index in [0.717, 1.165) is 15.7 Å². The first-order valence-electron chi connectivity index (χ1n) is 4.47. The molecule has 0 saturated carbocycles. The number of hydrogen-bond donors (Lipinski definition) is 0. The SMILES string of the molecule is Cc1cc(Br)ccc1-n1cnn(C)c1=O. The van der Waals surface area contributed by atoms with Crippen molar-refractivity contribution in [3.8, 4) is 5.69 Å². The second kappa shape index (κ2) is 3.66. The predicted molar refractivity (Wildman–Crippen MR) is 61.2 cm³/mol. The van der Waals surface area contributed by atoms with Crippen LogP contribution in [0.4, 0.5) is 0 Å². The number of halogens is 1. The van der Waals surface area contributed by atoms with Crippen molar-refractivity contribution in [3.63, 3.8) is 0 Å². The Balaban J connectivity index is 2.64. The van der Waals surface area contributed by atoms with Gasteiger partial charge in [-0.15, -0.1) is 0 Å². The van der Waals surface area contributed by atoms with E-state index in [9.17, 15) is 4.79 Å². The van der Waals surface area contributed by atoms with E-state index in [1.54, 1.807) is 7.05 Å². The minimum Gasteiger partial charge on any atom is -0.249 e. The molecule has 0 N–H and O–H groups in total. The topological polar surface area (TPSA) is 39.8 Å². The maximum absolute atomic E-state index is 11.7. The highest BCUT2D eigenvalue weighted by Gasteiger charge is 2.06. The van der Waals surface area contributed by atoms with Gasteiger partial charge >= 0.3 is 5.69 Å². The van der Waals surface area contributed by atoms with Crippen molar-refractivity contribution in [2.24, 2.45) is 7.05 Å². The standard InChI is InChI=1S/C10H10BrN3O/c1-7-5-8(11)3-4-9(7)14-6-12-13(2)10(14)15/h3-6H,1-2H3. The molecule has 1 heterocycles. The van der Waals surface area contributed by atoms with Gasteiger partial charge in [-0.2, -0.15) is 5.10 Å². The molecule has 0 aliphatic heterocycles. The molecule has 0 unspecified atom stereocenters. The zero-order valence-corrected chi connectivity index (χ0v) is 10.0. The van der Waals surface area contributed by atoms with Crippen LogP contribution in [0.25, 0.3) is 5.69 Å². The molecule has 0 amide bonds. The van der Waals surface area contributed by atoms with Crippen molar-refractivity contribution in [2.75, 3.05) is 0 Å². The van der Waals surface area contributed by atoms with Crippen molar-refractivity contribution >= 4 is 15.9 Å². The second-order valence-corrected chi connectivity index (χ2v) is 4.25. The van der Waals surface area contributed by atoms with Gasteiger partial charge in [0.15, 0.2) is 0 Å². The molecule has 0 aliphatic carbocycles. The molecule has 1 aromatic heterocycles. The van der Waals surface area contributed by atoms with Crippen molar-refractivity contribution in [2.45, 2.75) is 6.92 Å². The average molecular weight is 268 g/mol. The highest BCUT2D eigenvalue weighted by atomic mass is 79.9. The Hall–Kier alpha value is -1.36. The van der Waals surface area contributed by atoms with Crippen LogP contribution in [0.5, 0.6) is 0 Å². The first kappa shape index (κ1) is 10.2. The number of hydrogen-bond acceptors (Lipinski definition) is 2. The summed E-state index contributed by atoms with van der Waals surface area (Å²) in [6, 6.07) is 5.76. The molecule has 78 valence electrons. The fourth-order valence-electron chi connectivity index (χ4n) is 1.44. The average Bonchev–Trinajstić information content (AvgIpc) is 2.49. The van der Waals surface area contributed by atoms with Gasteiger partial charge in [0.25, 0.3) is 0 Å². The lowest BCUT2D eigenvalue weighted by Gasteiger charge is -2.04. The van der Waals surface area contributed by atoms with Crippen LogP contribution < -0.4 is 5.69 Å². The third-order valence-corrected chi connectivity index (χ3v) is 2.73. The van der Waals surface area contributed by atoms with Gasteiger partial charge in [0.1, 0.15) is 6.33 Å². The Bertz CT molecular complexity index is 556. The first-order chi connectivity index (χ1) is 7.09. The summed E-state index contributed by atoms with van der Waals surface area (Å²) in [5.74, 6) is 0. The molecule has 0 atom stereocenters. The summed E-state index contributed by atoms with van der Waals surface area (Å²) in [5, 5.41) is 3.91. The van der Waals surface area contributed by atoms with Crippen LogP contribution in [-0.4, -0.2) is 14.3 Å². The number of nitrogens with zero attached hydrogens (tertiary/aromatic N) is 3. The lowest BCUT2D eigenvalue weighted by molar-refractivity contribution is 0.725. The Morgan fingerprint density at radius 2 is 2.13 bits per heavy atom. The Morgan fingerprint density at radius 1 is 1.40 bits per heavy atom. The molecule has 0 spiro atoms. The van der Waals surface area contributed by atoms with E-state index in [-0.39, 0.29) is 5.69 Å². The molecule has 1 aromatic carbocycles.